The molecule has 0 spiro atoms. The Morgan fingerprint density at radius 2 is 1.56 bits per heavy atom. The van der Waals surface area contributed by atoms with Gasteiger partial charge in [-0.05, 0) is 43.2 Å². The molecule has 0 atom stereocenters. The van der Waals surface area contributed by atoms with E-state index >= 15 is 0 Å². The van der Waals surface area contributed by atoms with Gasteiger partial charge in [-0.25, -0.2) is 4.98 Å². The second-order valence-corrected chi connectivity index (χ2v) is 6.87. The molecule has 1 saturated heterocycles. The largest absolute Gasteiger partial charge is 0.497 e. The van der Waals surface area contributed by atoms with Crippen molar-refractivity contribution < 1.29 is 4.74 Å². The SMILES string of the molecule is CCCN(CCC)c1ccnc(N2CCN(c3ccc(OC)cc3)CC2)n1. The van der Waals surface area contributed by atoms with E-state index in [1.165, 1.54) is 5.69 Å². The molecule has 1 aliphatic rings. The first kappa shape index (κ1) is 19.3. The zero-order valence-corrected chi connectivity index (χ0v) is 16.8. The minimum atomic E-state index is 0.846. The van der Waals surface area contributed by atoms with Gasteiger partial charge in [-0.15, -0.1) is 0 Å². The number of aromatic nitrogens is 2. The Morgan fingerprint density at radius 1 is 0.926 bits per heavy atom. The zero-order valence-electron chi connectivity index (χ0n) is 16.8. The minimum absolute atomic E-state index is 0.846. The fourth-order valence-electron chi connectivity index (χ4n) is 3.51. The number of benzene rings is 1. The molecular formula is C21H31N5O. The van der Waals surface area contributed by atoms with Crippen LogP contribution in [-0.4, -0.2) is 56.3 Å². The van der Waals surface area contributed by atoms with Gasteiger partial charge in [-0.2, -0.15) is 4.98 Å². The second kappa shape index (κ2) is 9.44. The van der Waals surface area contributed by atoms with Crippen LogP contribution in [0.4, 0.5) is 17.5 Å². The number of anilines is 3. The first-order valence-corrected chi connectivity index (χ1v) is 9.97. The molecule has 6 nitrogen and oxygen atoms in total. The van der Waals surface area contributed by atoms with Crippen molar-refractivity contribution in [2.24, 2.45) is 0 Å². The first-order valence-electron chi connectivity index (χ1n) is 9.97. The summed E-state index contributed by atoms with van der Waals surface area (Å²) in [4.78, 5) is 16.5. The van der Waals surface area contributed by atoms with Gasteiger partial charge in [0.25, 0.3) is 0 Å². The van der Waals surface area contributed by atoms with Crippen molar-refractivity contribution in [1.29, 1.82) is 0 Å². The van der Waals surface area contributed by atoms with E-state index in [0.717, 1.165) is 69.6 Å². The minimum Gasteiger partial charge on any atom is -0.497 e. The summed E-state index contributed by atoms with van der Waals surface area (Å²) in [6.07, 6.45) is 4.14. The van der Waals surface area contributed by atoms with E-state index in [0.29, 0.717) is 0 Å². The molecule has 6 heteroatoms. The molecule has 1 fully saturated rings. The van der Waals surface area contributed by atoms with Crippen LogP contribution in [0.15, 0.2) is 36.5 Å². The monoisotopic (exact) mass is 369 g/mol. The van der Waals surface area contributed by atoms with Crippen molar-refractivity contribution in [3.05, 3.63) is 36.5 Å². The molecule has 0 aliphatic carbocycles. The molecule has 3 rings (SSSR count). The van der Waals surface area contributed by atoms with Crippen LogP contribution in [0, 0.1) is 0 Å². The van der Waals surface area contributed by atoms with Crippen molar-refractivity contribution in [3.63, 3.8) is 0 Å². The maximum absolute atomic E-state index is 5.25. The maximum atomic E-state index is 5.25. The number of nitrogens with zero attached hydrogens (tertiary/aromatic N) is 5. The molecular weight excluding hydrogens is 338 g/mol. The normalized spacial score (nSPS) is 14.3. The predicted molar refractivity (Wildman–Crippen MR) is 112 cm³/mol. The summed E-state index contributed by atoms with van der Waals surface area (Å²) < 4.78 is 5.25. The van der Waals surface area contributed by atoms with Gasteiger partial charge >= 0.3 is 0 Å². The third-order valence-corrected chi connectivity index (χ3v) is 4.94. The topological polar surface area (TPSA) is 44.7 Å². The lowest BCUT2D eigenvalue weighted by Crippen LogP contribution is -2.47. The molecule has 0 amide bonds. The van der Waals surface area contributed by atoms with Gasteiger partial charge in [0.05, 0.1) is 7.11 Å². The van der Waals surface area contributed by atoms with Gasteiger partial charge in [0.2, 0.25) is 5.95 Å². The van der Waals surface area contributed by atoms with Crippen molar-refractivity contribution >= 4 is 17.5 Å². The average molecular weight is 370 g/mol. The predicted octanol–water partition coefficient (Wildman–Crippen LogP) is 3.44. The van der Waals surface area contributed by atoms with E-state index in [1.807, 2.05) is 24.4 Å². The number of hydrogen-bond acceptors (Lipinski definition) is 6. The number of hydrogen-bond donors (Lipinski definition) is 0. The number of rotatable bonds is 8. The van der Waals surface area contributed by atoms with E-state index in [-0.39, 0.29) is 0 Å². The van der Waals surface area contributed by atoms with Gasteiger partial charge < -0.3 is 19.4 Å². The summed E-state index contributed by atoms with van der Waals surface area (Å²) in [6, 6.07) is 10.3. The Hall–Kier alpha value is -2.50. The summed E-state index contributed by atoms with van der Waals surface area (Å²) in [7, 11) is 1.70. The summed E-state index contributed by atoms with van der Waals surface area (Å²) in [5.41, 5.74) is 1.24. The van der Waals surface area contributed by atoms with Crippen molar-refractivity contribution in [2.75, 3.05) is 61.1 Å². The summed E-state index contributed by atoms with van der Waals surface area (Å²) in [6.45, 7) is 10.3. The highest BCUT2D eigenvalue weighted by atomic mass is 16.5. The van der Waals surface area contributed by atoms with Crippen LogP contribution in [0.25, 0.3) is 0 Å². The Balaban J connectivity index is 1.64. The molecule has 1 aliphatic heterocycles. The second-order valence-electron chi connectivity index (χ2n) is 6.87. The fourth-order valence-corrected chi connectivity index (χ4v) is 3.51. The standard InChI is InChI=1S/C21H31N5O/c1-4-12-25(13-5-2)20-10-11-22-21(23-20)26-16-14-24(15-17-26)18-6-8-19(27-3)9-7-18/h6-11H,4-5,12-17H2,1-3H3. The summed E-state index contributed by atoms with van der Waals surface area (Å²) in [5, 5.41) is 0. The molecule has 27 heavy (non-hydrogen) atoms. The van der Waals surface area contributed by atoms with E-state index in [1.54, 1.807) is 7.11 Å². The molecule has 0 bridgehead atoms. The van der Waals surface area contributed by atoms with E-state index in [9.17, 15) is 0 Å². The molecule has 2 aromatic rings. The van der Waals surface area contributed by atoms with Gasteiger partial charge in [0.1, 0.15) is 11.6 Å². The van der Waals surface area contributed by atoms with Crippen LogP contribution in [0.5, 0.6) is 5.75 Å². The van der Waals surface area contributed by atoms with E-state index in [2.05, 4.69) is 45.7 Å². The fraction of sp³-hybridized carbons (Fsp3) is 0.524. The van der Waals surface area contributed by atoms with Gasteiger partial charge in [0.15, 0.2) is 0 Å². The van der Waals surface area contributed by atoms with Crippen LogP contribution in [0.2, 0.25) is 0 Å². The lowest BCUT2D eigenvalue weighted by Gasteiger charge is -2.36. The highest BCUT2D eigenvalue weighted by Crippen LogP contribution is 2.22. The van der Waals surface area contributed by atoms with Crippen LogP contribution in [0.1, 0.15) is 26.7 Å². The highest BCUT2D eigenvalue weighted by molar-refractivity contribution is 5.51. The third-order valence-electron chi connectivity index (χ3n) is 4.94. The summed E-state index contributed by atoms with van der Waals surface area (Å²) >= 11 is 0. The molecule has 2 heterocycles. The molecule has 1 aromatic carbocycles. The Labute approximate surface area is 162 Å². The van der Waals surface area contributed by atoms with E-state index in [4.69, 9.17) is 9.72 Å². The lowest BCUT2D eigenvalue weighted by molar-refractivity contribution is 0.415. The Morgan fingerprint density at radius 3 is 2.15 bits per heavy atom. The zero-order chi connectivity index (χ0) is 19.1. The molecule has 146 valence electrons. The number of piperazine rings is 1. The Kier molecular flexibility index (Phi) is 6.74. The van der Waals surface area contributed by atoms with Crippen LogP contribution >= 0.6 is 0 Å². The van der Waals surface area contributed by atoms with Crippen LogP contribution in [0.3, 0.4) is 0 Å². The number of methoxy groups -OCH3 is 1. The molecule has 0 radical (unpaired) electrons. The lowest BCUT2D eigenvalue weighted by atomic mass is 10.2. The van der Waals surface area contributed by atoms with Gasteiger partial charge in [0, 0.05) is 51.2 Å². The van der Waals surface area contributed by atoms with Crippen molar-refractivity contribution in [1.82, 2.24) is 9.97 Å². The van der Waals surface area contributed by atoms with Crippen molar-refractivity contribution in [3.8, 4) is 5.75 Å². The van der Waals surface area contributed by atoms with Crippen LogP contribution < -0.4 is 19.4 Å². The first-order chi connectivity index (χ1) is 13.2. The molecule has 0 unspecified atom stereocenters. The summed E-state index contributed by atoms with van der Waals surface area (Å²) in [5.74, 6) is 2.78. The Bertz CT molecular complexity index is 692. The average Bonchev–Trinajstić information content (AvgIpc) is 2.74. The molecule has 0 saturated carbocycles. The highest BCUT2D eigenvalue weighted by Gasteiger charge is 2.20. The third kappa shape index (κ3) is 4.81. The van der Waals surface area contributed by atoms with Gasteiger partial charge in [-0.3, -0.25) is 0 Å². The van der Waals surface area contributed by atoms with Gasteiger partial charge in [-0.1, -0.05) is 13.8 Å². The quantitative estimate of drug-likeness (QED) is 0.710. The van der Waals surface area contributed by atoms with E-state index < -0.39 is 0 Å². The maximum Gasteiger partial charge on any atom is 0.227 e. The van der Waals surface area contributed by atoms with Crippen molar-refractivity contribution in [2.45, 2.75) is 26.7 Å². The smallest absolute Gasteiger partial charge is 0.227 e. The molecule has 1 aromatic heterocycles. The number of ether oxygens (including phenoxy) is 1. The molecule has 0 N–H and O–H groups in total. The van der Waals surface area contributed by atoms with Crippen LogP contribution in [-0.2, 0) is 0 Å².